The quantitative estimate of drug-likeness (QED) is 0.504. The van der Waals surface area contributed by atoms with Crippen LogP contribution in [-0.2, 0) is 23.3 Å². The maximum absolute atomic E-state index is 13.0. The van der Waals surface area contributed by atoms with Crippen LogP contribution in [0.2, 0.25) is 0 Å². The predicted molar refractivity (Wildman–Crippen MR) is 85.0 cm³/mol. The van der Waals surface area contributed by atoms with Crippen LogP contribution >= 0.6 is 0 Å². The lowest BCUT2D eigenvalue weighted by molar-refractivity contribution is -0.143. The van der Waals surface area contributed by atoms with Crippen LogP contribution in [0, 0.1) is 0 Å². The number of nitrogens with zero attached hydrogens (tertiary/aromatic N) is 1. The zero-order chi connectivity index (χ0) is 19.8. The van der Waals surface area contributed by atoms with Crippen molar-refractivity contribution in [3.05, 3.63) is 47.5 Å². The highest BCUT2D eigenvalue weighted by Crippen LogP contribution is 2.38. The van der Waals surface area contributed by atoms with E-state index in [1.54, 1.807) is 20.8 Å². The van der Waals surface area contributed by atoms with E-state index in [9.17, 15) is 30.6 Å². The van der Waals surface area contributed by atoms with Gasteiger partial charge in [-0.15, -0.1) is 6.58 Å². The number of hydrogen-bond acceptors (Lipinski definition) is 1. The van der Waals surface area contributed by atoms with E-state index in [-0.39, 0.29) is 11.6 Å². The lowest BCUT2D eigenvalue weighted by Gasteiger charge is -2.31. The van der Waals surface area contributed by atoms with Gasteiger partial charge in [-0.1, -0.05) is 6.08 Å². The van der Waals surface area contributed by atoms with Crippen LogP contribution in [0.4, 0.5) is 26.3 Å². The van der Waals surface area contributed by atoms with E-state index in [0.717, 1.165) is 0 Å². The van der Waals surface area contributed by atoms with Gasteiger partial charge in [0.05, 0.1) is 21.9 Å². The summed E-state index contributed by atoms with van der Waals surface area (Å²) in [5.74, 6) is 0. The van der Waals surface area contributed by atoms with Gasteiger partial charge in [-0.3, -0.25) is 0 Å². The maximum Gasteiger partial charge on any atom is 0.416 e. The molecule has 0 aliphatic heterocycles. The van der Waals surface area contributed by atoms with Crippen LogP contribution in [0.5, 0.6) is 0 Å². The van der Waals surface area contributed by atoms with Crippen molar-refractivity contribution < 1.29 is 30.6 Å². The molecule has 0 bridgehead atoms. The third-order valence-electron chi connectivity index (χ3n) is 3.35. The summed E-state index contributed by atoms with van der Waals surface area (Å²) in [6.07, 6.45) is -8.72. The van der Waals surface area contributed by atoms with Crippen LogP contribution in [0.1, 0.15) is 43.5 Å². The van der Waals surface area contributed by atoms with E-state index in [1.165, 1.54) is 17.4 Å². The SMILES string of the molecule is C=C[C@@H](c1cc(C(F)(F)F)cc(C(F)(F)F)c1)N(C)[S@@](=O)C(C)(C)C. The molecule has 2 atom stereocenters. The summed E-state index contributed by atoms with van der Waals surface area (Å²) in [4.78, 5) is 0. The molecule has 0 unspecified atom stereocenters. The van der Waals surface area contributed by atoms with Crippen molar-refractivity contribution in [1.29, 1.82) is 0 Å². The number of rotatable bonds is 4. The molecule has 1 aromatic rings. The van der Waals surface area contributed by atoms with E-state index in [0.29, 0.717) is 12.1 Å². The summed E-state index contributed by atoms with van der Waals surface area (Å²) in [5, 5.41) is 0. The van der Waals surface area contributed by atoms with E-state index >= 15 is 0 Å². The van der Waals surface area contributed by atoms with Crippen molar-refractivity contribution >= 4 is 11.0 Å². The van der Waals surface area contributed by atoms with Gasteiger partial charge < -0.3 is 0 Å². The van der Waals surface area contributed by atoms with E-state index < -0.39 is 45.3 Å². The molecule has 25 heavy (non-hydrogen) atoms. The van der Waals surface area contributed by atoms with Crippen LogP contribution in [0.3, 0.4) is 0 Å². The van der Waals surface area contributed by atoms with Gasteiger partial charge in [-0.05, 0) is 44.5 Å². The lowest BCUT2D eigenvalue weighted by Crippen LogP contribution is -2.37. The molecule has 1 rings (SSSR count). The first-order chi connectivity index (χ1) is 11.1. The molecule has 0 aromatic heterocycles. The number of halogens is 6. The van der Waals surface area contributed by atoms with Crippen LogP contribution in [0.25, 0.3) is 0 Å². The standard InChI is InChI=1S/C16H19F6NOS/c1-6-13(23(5)25(24)14(2,3)4)10-7-11(15(17,18)19)9-12(8-10)16(20,21)22/h6-9,13H,1H2,2-5H3/t13-,25-/m0/s1. The van der Waals surface area contributed by atoms with Crippen molar-refractivity contribution in [3.8, 4) is 0 Å². The summed E-state index contributed by atoms with van der Waals surface area (Å²) in [6, 6.07) is 0.226. The van der Waals surface area contributed by atoms with Gasteiger partial charge in [0.1, 0.15) is 11.0 Å². The Kier molecular flexibility index (Phi) is 6.17. The number of hydrogen-bond donors (Lipinski definition) is 0. The average Bonchev–Trinajstić information content (AvgIpc) is 2.44. The van der Waals surface area contributed by atoms with Gasteiger partial charge in [0.25, 0.3) is 0 Å². The molecule has 1 aromatic carbocycles. The first-order valence-corrected chi connectivity index (χ1v) is 8.26. The Balaban J connectivity index is 3.52. The van der Waals surface area contributed by atoms with Gasteiger partial charge in [-0.25, -0.2) is 8.51 Å². The number of alkyl halides is 6. The molecular weight excluding hydrogens is 368 g/mol. The summed E-state index contributed by atoms with van der Waals surface area (Å²) < 4.78 is 90.8. The molecule has 0 spiro atoms. The van der Waals surface area contributed by atoms with Crippen LogP contribution in [0.15, 0.2) is 30.9 Å². The molecule has 0 radical (unpaired) electrons. The highest BCUT2D eigenvalue weighted by atomic mass is 32.2. The first-order valence-electron chi connectivity index (χ1n) is 7.15. The second kappa shape index (κ2) is 7.11. The Labute approximate surface area is 145 Å². The van der Waals surface area contributed by atoms with Crippen LogP contribution in [-0.4, -0.2) is 20.3 Å². The summed E-state index contributed by atoms with van der Waals surface area (Å²) in [7, 11) is -0.306. The fraction of sp³-hybridized carbons (Fsp3) is 0.500. The topological polar surface area (TPSA) is 20.3 Å². The smallest absolute Gasteiger partial charge is 0.242 e. The van der Waals surface area contributed by atoms with E-state index in [4.69, 9.17) is 0 Å². The van der Waals surface area contributed by atoms with Gasteiger partial charge in [0.15, 0.2) is 0 Å². The molecule has 0 heterocycles. The van der Waals surface area contributed by atoms with Gasteiger partial charge >= 0.3 is 12.4 Å². The summed E-state index contributed by atoms with van der Waals surface area (Å²) in [5.41, 5.74) is -3.12. The molecular formula is C16H19F6NOS. The van der Waals surface area contributed by atoms with E-state index in [1.807, 2.05) is 0 Å². The molecule has 0 aliphatic carbocycles. The normalized spacial score (nSPS) is 16.0. The third kappa shape index (κ3) is 5.31. The molecule has 142 valence electrons. The molecule has 0 aliphatic rings. The Morgan fingerprint density at radius 3 is 1.68 bits per heavy atom. The zero-order valence-corrected chi connectivity index (χ0v) is 14.9. The van der Waals surface area contributed by atoms with Crippen molar-refractivity contribution in [2.45, 2.75) is 43.9 Å². The summed E-state index contributed by atoms with van der Waals surface area (Å²) >= 11 is 0. The average molecular weight is 387 g/mol. The van der Waals surface area contributed by atoms with Crippen molar-refractivity contribution in [1.82, 2.24) is 4.31 Å². The Hall–Kier alpha value is -1.35. The van der Waals surface area contributed by atoms with Gasteiger partial charge in [0.2, 0.25) is 0 Å². The number of likely N-dealkylation sites (N-methyl/N-ethyl adjacent to an activating group) is 1. The van der Waals surface area contributed by atoms with Crippen molar-refractivity contribution in [2.75, 3.05) is 7.05 Å². The highest BCUT2D eigenvalue weighted by molar-refractivity contribution is 7.84. The van der Waals surface area contributed by atoms with Crippen LogP contribution < -0.4 is 0 Å². The van der Waals surface area contributed by atoms with Crippen molar-refractivity contribution in [3.63, 3.8) is 0 Å². The highest BCUT2D eigenvalue weighted by Gasteiger charge is 2.38. The second-order valence-electron chi connectivity index (χ2n) is 6.43. The van der Waals surface area contributed by atoms with Crippen molar-refractivity contribution in [2.24, 2.45) is 0 Å². The minimum atomic E-state index is -4.94. The largest absolute Gasteiger partial charge is 0.416 e. The fourth-order valence-corrected chi connectivity index (χ4v) is 3.46. The Bertz CT molecular complexity index is 628. The van der Waals surface area contributed by atoms with Gasteiger partial charge in [-0.2, -0.15) is 26.3 Å². The molecule has 2 nitrogen and oxygen atoms in total. The summed E-state index contributed by atoms with van der Waals surface area (Å²) in [6.45, 7) is 8.41. The van der Waals surface area contributed by atoms with E-state index in [2.05, 4.69) is 6.58 Å². The molecule has 0 saturated carbocycles. The van der Waals surface area contributed by atoms with Gasteiger partial charge in [0, 0.05) is 7.05 Å². The zero-order valence-electron chi connectivity index (χ0n) is 14.1. The molecule has 9 heteroatoms. The Morgan fingerprint density at radius 1 is 1.00 bits per heavy atom. The first kappa shape index (κ1) is 21.7. The minimum absolute atomic E-state index is 0.0599. The fourth-order valence-electron chi connectivity index (χ4n) is 2.18. The monoisotopic (exact) mass is 387 g/mol. The molecule has 0 amide bonds. The predicted octanol–water partition coefficient (Wildman–Crippen LogP) is 5.35. The molecule has 0 saturated heterocycles. The minimum Gasteiger partial charge on any atom is -0.242 e. The third-order valence-corrected chi connectivity index (χ3v) is 5.15. The second-order valence-corrected chi connectivity index (χ2v) is 8.73. The lowest BCUT2D eigenvalue weighted by atomic mass is 9.99. The molecule has 0 fully saturated rings. The number of benzene rings is 1. The maximum atomic E-state index is 13.0. The molecule has 0 N–H and O–H groups in total. The Morgan fingerprint density at radius 2 is 1.40 bits per heavy atom.